The van der Waals surface area contributed by atoms with Crippen LogP contribution in [0.3, 0.4) is 0 Å². The average molecular weight is 309 g/mol. The van der Waals surface area contributed by atoms with Crippen LogP contribution >= 0.6 is 11.6 Å². The summed E-state index contributed by atoms with van der Waals surface area (Å²) in [7, 11) is 0. The Bertz CT molecular complexity index is 619. The monoisotopic (exact) mass is 308 g/mol. The molecule has 6 nitrogen and oxygen atoms in total. The first-order chi connectivity index (χ1) is 10.1. The van der Waals surface area contributed by atoms with Crippen LogP contribution < -0.4 is 5.32 Å². The van der Waals surface area contributed by atoms with Gasteiger partial charge in [-0.05, 0) is 39.8 Å². The lowest BCUT2D eigenvalue weighted by Crippen LogP contribution is -2.38. The van der Waals surface area contributed by atoms with Crippen molar-refractivity contribution in [1.29, 1.82) is 0 Å². The molecular weight excluding hydrogens is 288 g/mol. The predicted octanol–water partition coefficient (Wildman–Crippen LogP) is 2.37. The molecule has 114 valence electrons. The SMILES string of the molecule is Cc1c(Cl)nc2ncnn2c1NC(C)CN1CCCCC1. The van der Waals surface area contributed by atoms with Gasteiger partial charge in [-0.2, -0.15) is 19.6 Å². The van der Waals surface area contributed by atoms with E-state index >= 15 is 0 Å². The van der Waals surface area contributed by atoms with E-state index in [-0.39, 0.29) is 0 Å². The van der Waals surface area contributed by atoms with Crippen LogP contribution in [0, 0.1) is 6.92 Å². The number of anilines is 1. The molecule has 3 heterocycles. The fourth-order valence-corrected chi connectivity index (χ4v) is 3.04. The van der Waals surface area contributed by atoms with Gasteiger partial charge in [-0.25, -0.2) is 0 Å². The topological polar surface area (TPSA) is 58.4 Å². The Morgan fingerprint density at radius 3 is 2.86 bits per heavy atom. The summed E-state index contributed by atoms with van der Waals surface area (Å²) in [5, 5.41) is 8.23. The van der Waals surface area contributed by atoms with Gasteiger partial charge in [0.05, 0.1) is 0 Å². The van der Waals surface area contributed by atoms with Gasteiger partial charge < -0.3 is 10.2 Å². The number of likely N-dealkylation sites (tertiary alicyclic amines) is 1. The lowest BCUT2D eigenvalue weighted by atomic mass is 10.1. The van der Waals surface area contributed by atoms with E-state index in [1.54, 1.807) is 4.52 Å². The molecule has 0 bridgehead atoms. The van der Waals surface area contributed by atoms with Crippen LogP contribution in [-0.4, -0.2) is 50.2 Å². The molecular formula is C14H21ClN6. The summed E-state index contributed by atoms with van der Waals surface area (Å²) in [5.74, 6) is 1.41. The Morgan fingerprint density at radius 2 is 2.10 bits per heavy atom. The number of rotatable bonds is 4. The van der Waals surface area contributed by atoms with Crippen molar-refractivity contribution in [3.63, 3.8) is 0 Å². The molecule has 1 fully saturated rings. The van der Waals surface area contributed by atoms with Crippen LogP contribution in [-0.2, 0) is 0 Å². The Labute approximate surface area is 129 Å². The highest BCUT2D eigenvalue weighted by Gasteiger charge is 2.17. The lowest BCUT2D eigenvalue weighted by Gasteiger charge is -2.30. The van der Waals surface area contributed by atoms with E-state index < -0.39 is 0 Å². The number of hydrogen-bond acceptors (Lipinski definition) is 5. The zero-order valence-corrected chi connectivity index (χ0v) is 13.3. The Kier molecular flexibility index (Phi) is 4.26. The minimum absolute atomic E-state index is 0.313. The van der Waals surface area contributed by atoms with Gasteiger partial charge in [0.1, 0.15) is 17.3 Å². The Hall–Kier alpha value is -1.40. The smallest absolute Gasteiger partial charge is 0.255 e. The summed E-state index contributed by atoms with van der Waals surface area (Å²) in [6.07, 6.45) is 5.47. The number of nitrogens with zero attached hydrogens (tertiary/aromatic N) is 5. The molecule has 1 atom stereocenters. The molecule has 1 unspecified atom stereocenters. The Morgan fingerprint density at radius 1 is 1.33 bits per heavy atom. The third-order valence-corrected chi connectivity index (χ3v) is 4.34. The van der Waals surface area contributed by atoms with Crippen molar-refractivity contribution in [2.45, 2.75) is 39.2 Å². The Balaban J connectivity index is 1.77. The molecule has 1 saturated heterocycles. The third-order valence-electron chi connectivity index (χ3n) is 3.97. The molecule has 2 aromatic rings. The van der Waals surface area contributed by atoms with E-state index in [4.69, 9.17) is 11.6 Å². The third kappa shape index (κ3) is 3.11. The van der Waals surface area contributed by atoms with E-state index in [0.29, 0.717) is 17.0 Å². The molecule has 7 heteroatoms. The second-order valence-electron chi connectivity index (χ2n) is 5.75. The van der Waals surface area contributed by atoms with Gasteiger partial charge in [-0.3, -0.25) is 0 Å². The molecule has 1 N–H and O–H groups in total. The minimum atomic E-state index is 0.313. The number of aromatic nitrogens is 4. The zero-order chi connectivity index (χ0) is 14.8. The van der Waals surface area contributed by atoms with Crippen LogP contribution in [0.25, 0.3) is 5.78 Å². The van der Waals surface area contributed by atoms with Crippen molar-refractivity contribution in [3.8, 4) is 0 Å². The van der Waals surface area contributed by atoms with Crippen LogP contribution in [0.1, 0.15) is 31.7 Å². The van der Waals surface area contributed by atoms with Crippen molar-refractivity contribution < 1.29 is 0 Å². The summed E-state index contributed by atoms with van der Waals surface area (Å²) >= 11 is 6.18. The van der Waals surface area contributed by atoms with Crippen molar-refractivity contribution in [3.05, 3.63) is 17.0 Å². The van der Waals surface area contributed by atoms with E-state index in [1.807, 2.05) is 6.92 Å². The molecule has 0 amide bonds. The van der Waals surface area contributed by atoms with Gasteiger partial charge in [-0.15, -0.1) is 0 Å². The highest BCUT2D eigenvalue weighted by atomic mass is 35.5. The van der Waals surface area contributed by atoms with Gasteiger partial charge in [0.25, 0.3) is 5.78 Å². The van der Waals surface area contributed by atoms with Crippen molar-refractivity contribution in [2.75, 3.05) is 25.0 Å². The summed E-state index contributed by atoms with van der Waals surface area (Å²) in [6, 6.07) is 0.313. The zero-order valence-electron chi connectivity index (χ0n) is 12.5. The van der Waals surface area contributed by atoms with E-state index in [9.17, 15) is 0 Å². The summed E-state index contributed by atoms with van der Waals surface area (Å²) in [5.41, 5.74) is 0.903. The average Bonchev–Trinajstić information content (AvgIpc) is 2.92. The summed E-state index contributed by atoms with van der Waals surface area (Å²) in [6.45, 7) is 7.55. The molecule has 3 rings (SSSR count). The van der Waals surface area contributed by atoms with Gasteiger partial charge >= 0.3 is 0 Å². The molecule has 2 aromatic heterocycles. The fraction of sp³-hybridized carbons (Fsp3) is 0.643. The maximum absolute atomic E-state index is 6.18. The normalized spacial score (nSPS) is 18.0. The van der Waals surface area contributed by atoms with Crippen LogP contribution in [0.2, 0.25) is 5.15 Å². The fourth-order valence-electron chi connectivity index (χ4n) is 2.88. The highest BCUT2D eigenvalue weighted by Crippen LogP contribution is 2.23. The van der Waals surface area contributed by atoms with Crippen LogP contribution in [0.15, 0.2) is 6.33 Å². The number of nitrogens with one attached hydrogen (secondary N) is 1. The molecule has 0 spiro atoms. The molecule has 0 aromatic carbocycles. The van der Waals surface area contributed by atoms with E-state index in [2.05, 4.69) is 32.2 Å². The van der Waals surface area contributed by atoms with E-state index in [0.717, 1.165) is 17.9 Å². The van der Waals surface area contributed by atoms with Crippen LogP contribution in [0.4, 0.5) is 5.82 Å². The molecule has 1 aliphatic rings. The first kappa shape index (κ1) is 14.5. The quantitative estimate of drug-likeness (QED) is 0.879. The largest absolute Gasteiger partial charge is 0.366 e. The standard InChI is InChI=1S/C14H21ClN6/c1-10(8-20-6-4-3-5-7-20)18-13-11(2)12(15)19-14-16-9-17-21(13)14/h9-10,18H,3-8H2,1-2H3. The number of halogens is 1. The van der Waals surface area contributed by atoms with Crippen molar-refractivity contribution in [2.24, 2.45) is 0 Å². The minimum Gasteiger partial charge on any atom is -0.366 e. The maximum Gasteiger partial charge on any atom is 0.255 e. The van der Waals surface area contributed by atoms with Gasteiger partial charge in [-0.1, -0.05) is 18.0 Å². The van der Waals surface area contributed by atoms with Gasteiger partial charge in [0.15, 0.2) is 0 Å². The lowest BCUT2D eigenvalue weighted by molar-refractivity contribution is 0.223. The first-order valence-corrected chi connectivity index (χ1v) is 7.87. The number of hydrogen-bond donors (Lipinski definition) is 1. The summed E-state index contributed by atoms with van der Waals surface area (Å²) < 4.78 is 1.72. The molecule has 0 saturated carbocycles. The van der Waals surface area contributed by atoms with Crippen molar-refractivity contribution in [1.82, 2.24) is 24.5 Å². The maximum atomic E-state index is 6.18. The van der Waals surface area contributed by atoms with Crippen LogP contribution in [0.5, 0.6) is 0 Å². The number of fused-ring (bicyclic) bond motifs is 1. The predicted molar refractivity (Wildman–Crippen MR) is 83.9 cm³/mol. The van der Waals surface area contributed by atoms with Crippen molar-refractivity contribution >= 4 is 23.2 Å². The number of piperidine rings is 1. The van der Waals surface area contributed by atoms with Gasteiger partial charge in [0.2, 0.25) is 0 Å². The molecule has 1 aliphatic heterocycles. The molecule has 21 heavy (non-hydrogen) atoms. The second kappa shape index (κ2) is 6.15. The molecule has 0 radical (unpaired) electrons. The highest BCUT2D eigenvalue weighted by molar-refractivity contribution is 6.30. The van der Waals surface area contributed by atoms with Gasteiger partial charge in [0, 0.05) is 18.2 Å². The summed E-state index contributed by atoms with van der Waals surface area (Å²) in [4.78, 5) is 10.8. The molecule has 0 aliphatic carbocycles. The second-order valence-corrected chi connectivity index (χ2v) is 6.11. The first-order valence-electron chi connectivity index (χ1n) is 7.50. The van der Waals surface area contributed by atoms with E-state index in [1.165, 1.54) is 38.7 Å².